The molecule has 2 saturated heterocycles. The topological polar surface area (TPSA) is 46.6 Å². The van der Waals surface area contributed by atoms with Crippen molar-refractivity contribution < 1.29 is 14.3 Å². The van der Waals surface area contributed by atoms with Crippen molar-refractivity contribution in [2.75, 3.05) is 0 Å². The lowest BCUT2D eigenvalue weighted by Gasteiger charge is -2.39. The maximum absolute atomic E-state index is 12.3. The predicted octanol–water partition coefficient (Wildman–Crippen LogP) is 3.39. The number of fused-ring (bicyclic) bond motifs is 2. The Bertz CT molecular complexity index is 383. The summed E-state index contributed by atoms with van der Waals surface area (Å²) >= 11 is 0. The number of ether oxygens (including phenoxy) is 1. The maximum atomic E-state index is 12.3. The van der Waals surface area contributed by atoms with E-state index in [1.165, 1.54) is 0 Å². The third-order valence-electron chi connectivity index (χ3n) is 4.31. The van der Waals surface area contributed by atoms with Crippen LogP contribution in [0.1, 0.15) is 60.3 Å². The first-order valence-electron chi connectivity index (χ1n) is 7.74. The first kappa shape index (κ1) is 15.3. The maximum Gasteiger partial charge on any atom is 0.410 e. The fourth-order valence-corrected chi connectivity index (χ4v) is 3.49. The van der Waals surface area contributed by atoms with Crippen molar-refractivity contribution in [3.8, 4) is 0 Å². The van der Waals surface area contributed by atoms with E-state index < -0.39 is 5.60 Å². The summed E-state index contributed by atoms with van der Waals surface area (Å²) in [7, 11) is 0. The van der Waals surface area contributed by atoms with Crippen LogP contribution >= 0.6 is 0 Å². The zero-order valence-corrected chi connectivity index (χ0v) is 13.3. The monoisotopic (exact) mass is 281 g/mol. The van der Waals surface area contributed by atoms with Gasteiger partial charge in [0.05, 0.1) is 0 Å². The van der Waals surface area contributed by atoms with Gasteiger partial charge in [-0.1, -0.05) is 13.8 Å². The predicted molar refractivity (Wildman–Crippen MR) is 77.5 cm³/mol. The molecule has 2 atom stereocenters. The van der Waals surface area contributed by atoms with E-state index in [0.29, 0.717) is 5.78 Å². The van der Waals surface area contributed by atoms with E-state index in [9.17, 15) is 9.59 Å². The first-order chi connectivity index (χ1) is 9.19. The van der Waals surface area contributed by atoms with E-state index in [4.69, 9.17) is 4.74 Å². The first-order valence-corrected chi connectivity index (χ1v) is 7.74. The number of ketones is 1. The van der Waals surface area contributed by atoms with Crippen molar-refractivity contribution in [1.82, 2.24) is 4.90 Å². The number of hydrogen-bond donors (Lipinski definition) is 0. The van der Waals surface area contributed by atoms with Gasteiger partial charge in [-0.2, -0.15) is 0 Å². The Kier molecular flexibility index (Phi) is 4.12. The second-order valence-electron chi connectivity index (χ2n) is 7.50. The van der Waals surface area contributed by atoms with E-state index in [1.54, 1.807) is 0 Å². The molecule has 2 heterocycles. The number of carbonyl (C=O) groups is 2. The number of hydrogen-bond acceptors (Lipinski definition) is 3. The Morgan fingerprint density at radius 1 is 1.10 bits per heavy atom. The van der Waals surface area contributed by atoms with Crippen molar-refractivity contribution >= 4 is 11.9 Å². The molecule has 2 rings (SSSR count). The van der Waals surface area contributed by atoms with Gasteiger partial charge in [-0.15, -0.1) is 0 Å². The van der Waals surface area contributed by atoms with Crippen LogP contribution < -0.4 is 0 Å². The molecule has 0 radical (unpaired) electrons. The highest BCUT2D eigenvalue weighted by Crippen LogP contribution is 2.40. The smallest absolute Gasteiger partial charge is 0.410 e. The van der Waals surface area contributed by atoms with Crippen LogP contribution in [-0.2, 0) is 9.53 Å². The summed E-state index contributed by atoms with van der Waals surface area (Å²) < 4.78 is 5.50. The van der Waals surface area contributed by atoms with E-state index in [0.717, 1.165) is 25.7 Å². The number of rotatable bonds is 2. The molecule has 114 valence electrons. The molecule has 20 heavy (non-hydrogen) atoms. The number of amides is 1. The summed E-state index contributed by atoms with van der Waals surface area (Å²) in [6.45, 7) is 9.60. The lowest BCUT2D eigenvalue weighted by Crippen LogP contribution is -2.49. The lowest BCUT2D eigenvalue weighted by molar-refractivity contribution is -0.128. The Morgan fingerprint density at radius 3 is 2.00 bits per heavy atom. The molecular formula is C16H27NO3. The molecule has 4 nitrogen and oxygen atoms in total. The van der Waals surface area contributed by atoms with Crippen molar-refractivity contribution in [2.45, 2.75) is 78.0 Å². The number of nitrogens with zero attached hydrogens (tertiary/aromatic N) is 1. The van der Waals surface area contributed by atoms with Gasteiger partial charge in [0.2, 0.25) is 0 Å². The summed E-state index contributed by atoms with van der Waals surface area (Å²) in [6, 6.07) is 0.382. The molecule has 0 aliphatic carbocycles. The number of carbonyl (C=O) groups excluding carboxylic acids is 2. The molecule has 2 fully saturated rings. The fraction of sp³-hybridized carbons (Fsp3) is 0.875. The molecule has 4 heteroatoms. The Morgan fingerprint density at radius 2 is 1.60 bits per heavy atom. The third-order valence-corrected chi connectivity index (χ3v) is 4.31. The molecule has 2 aliphatic heterocycles. The zero-order chi connectivity index (χ0) is 15.1. The van der Waals surface area contributed by atoms with Crippen LogP contribution in [0.15, 0.2) is 0 Å². The largest absolute Gasteiger partial charge is 0.444 e. The molecule has 0 aromatic heterocycles. The Hall–Kier alpha value is -1.06. The molecule has 2 unspecified atom stereocenters. The van der Waals surface area contributed by atoms with E-state index in [1.807, 2.05) is 39.5 Å². The SMILES string of the molecule is CC(C)C(=O)C1CC2CCC(C1)N2C(=O)OC(C)(C)C. The average molecular weight is 281 g/mol. The quantitative estimate of drug-likeness (QED) is 0.779. The van der Waals surface area contributed by atoms with E-state index >= 15 is 0 Å². The highest BCUT2D eigenvalue weighted by atomic mass is 16.6. The van der Waals surface area contributed by atoms with Gasteiger partial charge in [0.15, 0.2) is 0 Å². The zero-order valence-electron chi connectivity index (χ0n) is 13.3. The van der Waals surface area contributed by atoms with E-state index in [-0.39, 0.29) is 30.0 Å². The molecule has 2 aliphatic rings. The summed E-state index contributed by atoms with van der Waals surface area (Å²) in [5, 5.41) is 0. The summed E-state index contributed by atoms with van der Waals surface area (Å²) in [4.78, 5) is 26.4. The minimum Gasteiger partial charge on any atom is -0.444 e. The van der Waals surface area contributed by atoms with Crippen molar-refractivity contribution in [3.63, 3.8) is 0 Å². The molecule has 0 spiro atoms. The van der Waals surface area contributed by atoms with Crippen LogP contribution in [0.4, 0.5) is 4.79 Å². The highest BCUT2D eigenvalue weighted by Gasteiger charge is 2.46. The Labute approximate surface area is 121 Å². The van der Waals surface area contributed by atoms with Gasteiger partial charge in [-0.05, 0) is 46.5 Å². The van der Waals surface area contributed by atoms with Crippen molar-refractivity contribution in [3.05, 3.63) is 0 Å². The van der Waals surface area contributed by atoms with Crippen LogP contribution in [0.3, 0.4) is 0 Å². The number of Topliss-reactive ketones (excluding diaryl/α,β-unsaturated/α-hetero) is 1. The minimum atomic E-state index is -0.457. The van der Waals surface area contributed by atoms with Gasteiger partial charge in [0.25, 0.3) is 0 Å². The van der Waals surface area contributed by atoms with Crippen LogP contribution in [0.5, 0.6) is 0 Å². The van der Waals surface area contributed by atoms with E-state index in [2.05, 4.69) is 0 Å². The summed E-state index contributed by atoms with van der Waals surface area (Å²) in [5.74, 6) is 0.574. The molecule has 1 amide bonds. The van der Waals surface area contributed by atoms with Crippen LogP contribution in [0.2, 0.25) is 0 Å². The van der Waals surface area contributed by atoms with Crippen molar-refractivity contribution in [1.29, 1.82) is 0 Å². The Balaban J connectivity index is 2.04. The van der Waals surface area contributed by atoms with Gasteiger partial charge in [0.1, 0.15) is 11.4 Å². The van der Waals surface area contributed by atoms with Gasteiger partial charge >= 0.3 is 6.09 Å². The molecule has 2 bridgehead atoms. The van der Waals surface area contributed by atoms with Gasteiger partial charge in [-0.25, -0.2) is 4.79 Å². The van der Waals surface area contributed by atoms with Gasteiger partial charge in [-0.3, -0.25) is 4.79 Å². The second-order valence-corrected chi connectivity index (χ2v) is 7.50. The van der Waals surface area contributed by atoms with Gasteiger partial charge in [0, 0.05) is 23.9 Å². The van der Waals surface area contributed by atoms with Crippen molar-refractivity contribution in [2.24, 2.45) is 11.8 Å². The third kappa shape index (κ3) is 3.15. The molecule has 0 aromatic carbocycles. The molecule has 0 aromatic rings. The lowest BCUT2D eigenvalue weighted by atomic mass is 9.83. The average Bonchev–Trinajstić information content (AvgIpc) is 2.57. The summed E-state index contributed by atoms with van der Waals surface area (Å²) in [6.07, 6.45) is 3.43. The molecule has 0 N–H and O–H groups in total. The number of piperidine rings is 1. The molecular weight excluding hydrogens is 254 g/mol. The highest BCUT2D eigenvalue weighted by molar-refractivity contribution is 5.83. The van der Waals surface area contributed by atoms with Crippen LogP contribution in [-0.4, -0.2) is 34.5 Å². The van der Waals surface area contributed by atoms with Gasteiger partial charge < -0.3 is 9.64 Å². The fourth-order valence-electron chi connectivity index (χ4n) is 3.49. The second kappa shape index (κ2) is 5.38. The summed E-state index contributed by atoms with van der Waals surface area (Å²) in [5.41, 5.74) is -0.457. The molecule has 0 saturated carbocycles. The minimum absolute atomic E-state index is 0.0903. The normalized spacial score (nSPS) is 29.7. The standard InChI is InChI=1S/C16H27NO3/c1-10(2)14(18)11-8-12-6-7-13(9-11)17(12)15(19)20-16(3,4)5/h10-13H,6-9H2,1-5H3. The van der Waals surface area contributed by atoms with Crippen LogP contribution in [0, 0.1) is 11.8 Å². The van der Waals surface area contributed by atoms with Crippen LogP contribution in [0.25, 0.3) is 0 Å².